The Labute approximate surface area is 496 Å². The van der Waals surface area contributed by atoms with Crippen molar-refractivity contribution in [2.45, 2.75) is 103 Å². The van der Waals surface area contributed by atoms with E-state index in [1.807, 2.05) is 23.7 Å². The highest BCUT2D eigenvalue weighted by Gasteiger charge is 2.59. The fourth-order valence-corrected chi connectivity index (χ4v) is 10.3. The minimum Gasteiger partial charge on any atom is -0.392 e. The average molecular weight is 1270 g/mol. The number of aryl methyl sites for hydroxylation is 1. The molecule has 476 valence electrons. The molecule has 0 spiro atoms. The number of hydrogen-bond donors (Lipinski definition) is 13. The third kappa shape index (κ3) is 10.3. The fraction of sp³-hybridized carbons (Fsp3) is 0.396. The molecular formula is C53H48F8N14O15. The molecule has 4 aliphatic heterocycles. The van der Waals surface area contributed by atoms with E-state index in [9.17, 15) is 90.4 Å². The zero-order chi connectivity index (χ0) is 66.0. The van der Waals surface area contributed by atoms with Gasteiger partial charge in [0.25, 0.3) is 11.1 Å². The first-order chi connectivity index (χ1) is 42.6. The van der Waals surface area contributed by atoms with Crippen LogP contribution in [0, 0.1) is 79.6 Å². The van der Waals surface area contributed by atoms with Gasteiger partial charge < -0.3 is 81.2 Å². The topological polar surface area (TPSA) is 434 Å². The first-order valence-electron chi connectivity index (χ1n) is 25.8. The first kappa shape index (κ1) is 65.1. The quantitative estimate of drug-likeness (QED) is 0.0578. The van der Waals surface area contributed by atoms with Gasteiger partial charge in [-0.25, -0.2) is 59.9 Å². The number of nitrogen functional groups attached to an aromatic ring is 2. The number of aromatic amines is 3. The third-order valence-electron chi connectivity index (χ3n) is 15.1. The van der Waals surface area contributed by atoms with Gasteiger partial charge in [0, 0.05) is 24.8 Å². The summed E-state index contributed by atoms with van der Waals surface area (Å²) >= 11 is 0. The molecule has 0 saturated carbocycles. The van der Waals surface area contributed by atoms with Crippen LogP contribution < -0.4 is 28.3 Å². The Morgan fingerprint density at radius 1 is 0.522 bits per heavy atom. The molecule has 0 aromatic carbocycles. The predicted molar refractivity (Wildman–Crippen MR) is 291 cm³/mol. The lowest BCUT2D eigenvalue weighted by atomic mass is 9.98. The number of nitrogens with zero attached hydrogens (tertiary/aromatic N) is 9. The Kier molecular flexibility index (Phi) is 17.5. The molecule has 12 heterocycles. The highest BCUT2D eigenvalue weighted by Crippen LogP contribution is 2.44. The minimum atomic E-state index is -2.09. The molecule has 8 aromatic rings. The van der Waals surface area contributed by atoms with Crippen LogP contribution in [0.4, 0.5) is 46.8 Å². The largest absolute Gasteiger partial charge is 0.392 e. The van der Waals surface area contributed by atoms with Crippen LogP contribution in [-0.2, 0) is 18.9 Å². The van der Waals surface area contributed by atoms with Crippen molar-refractivity contribution in [2.75, 3.05) is 37.9 Å². The molecule has 15 N–H and O–H groups in total. The number of aromatic nitrogens is 12. The molecule has 0 aliphatic carbocycles. The number of terminal acetylenes is 4. The van der Waals surface area contributed by atoms with Crippen LogP contribution in [0.1, 0.15) is 30.7 Å². The second-order valence-electron chi connectivity index (χ2n) is 20.3. The number of aliphatic hydroxyl groups is 8. The van der Waals surface area contributed by atoms with E-state index in [4.69, 9.17) is 56.1 Å². The molecule has 8 aromatic heterocycles. The molecule has 16 unspecified atom stereocenters. The highest BCUT2D eigenvalue weighted by atomic mass is 19.2. The molecule has 90 heavy (non-hydrogen) atoms. The fourth-order valence-electron chi connectivity index (χ4n) is 10.3. The molecule has 4 fully saturated rings. The van der Waals surface area contributed by atoms with Crippen LogP contribution in [0.2, 0.25) is 0 Å². The summed E-state index contributed by atoms with van der Waals surface area (Å²) in [7, 11) is 0. The summed E-state index contributed by atoms with van der Waals surface area (Å²) in [6.07, 6.45) is 4.89. The Morgan fingerprint density at radius 3 is 1.24 bits per heavy atom. The number of H-pyrrole nitrogens is 3. The lowest BCUT2D eigenvalue weighted by Gasteiger charge is -2.23. The van der Waals surface area contributed by atoms with Crippen LogP contribution in [0.5, 0.6) is 0 Å². The molecule has 0 radical (unpaired) electrons. The summed E-state index contributed by atoms with van der Waals surface area (Å²) in [4.78, 5) is 60.4. The maximum Gasteiger partial charge on any atom is 0.348 e. The van der Waals surface area contributed by atoms with Crippen molar-refractivity contribution in [3.8, 4) is 49.4 Å². The Bertz CT molecular complexity index is 4410. The standard InChI is InChI=1S/C14H13F2N3O4.C13H12F2N4O4.C13H12F2N4O3.C13H11F2N3O4/c1-3-14(5-20)10(21)9(16)13(23-14)19-4-7(15)8-11(19)17-6(2)18-12(8)22;1-2-13(4-20)8(21)7(15)11(23-13)19-3-5(14)6-9(16)17-12(22)18-10(6)19;1-2-13(4-20)9(21)8(15)12(22-13)19-3-6(14)7-10(16)17-5-18-11(7)19;1-2-13(4-19)9(20)8(15)12(22-13)18-3-6(14)7-10(18)16-5-17-11(7)21/h1,4,9-10,13,20-21H,5H2,2H3,(H,17,18,22);1,3,7-8,11,20-21H,4H2,(H3,16,17,18,22);1,3,5,8-9,12,20-21H,4H2,(H2,16,17,18);1,3,5,8-9,12,19-20H,4H2,(H,16,17,21). The van der Waals surface area contributed by atoms with Crippen LogP contribution in [0.3, 0.4) is 0 Å². The number of nitrogens with one attached hydrogen (secondary N) is 3. The van der Waals surface area contributed by atoms with E-state index in [-0.39, 0.29) is 61.6 Å². The van der Waals surface area contributed by atoms with Gasteiger partial charge in [-0.05, 0) is 6.92 Å². The number of nitrogens with two attached hydrogens (primary N) is 2. The van der Waals surface area contributed by atoms with E-state index in [0.29, 0.717) is 0 Å². The summed E-state index contributed by atoms with van der Waals surface area (Å²) in [5, 5.41) is 75.8. The Balaban J connectivity index is 0.000000142. The SMILES string of the molecule is C#CC1(CO)OC(n2cc(F)c3c(=O)[nH]c(C)nc32)C(F)C1O.C#CC1(CO)OC(n2cc(F)c3c(=O)[nH]cnc32)C(F)C1O.C#CC1(CO)OC(n2cc(F)c3c(N)[nH]c(=O)nc32)C(F)C1O.C#CC1(CO)OC(n2cc(F)c3c(N)ncnc32)C(F)C1O. The summed E-state index contributed by atoms with van der Waals surface area (Å²) in [5.74, 6) is 4.43. The monoisotopic (exact) mass is 1270 g/mol. The van der Waals surface area contributed by atoms with Crippen molar-refractivity contribution < 1.29 is 94.9 Å². The number of ether oxygens (including phenoxy) is 4. The predicted octanol–water partition coefficient (Wildman–Crippen LogP) is -2.00. The van der Waals surface area contributed by atoms with Crippen LogP contribution in [0.25, 0.3) is 44.1 Å². The molecule has 4 saturated heterocycles. The maximum atomic E-state index is 14.4. The average Bonchev–Trinajstić information content (AvgIpc) is 1.62. The molecule has 4 aliphatic rings. The Hall–Kier alpha value is -9.32. The molecular weight excluding hydrogens is 1220 g/mol. The second-order valence-corrected chi connectivity index (χ2v) is 20.3. The van der Waals surface area contributed by atoms with Gasteiger partial charge >= 0.3 is 5.69 Å². The van der Waals surface area contributed by atoms with Crippen molar-refractivity contribution in [1.82, 2.24) is 58.1 Å². The number of fused-ring (bicyclic) bond motifs is 4. The zero-order valence-corrected chi connectivity index (χ0v) is 45.7. The zero-order valence-electron chi connectivity index (χ0n) is 45.7. The van der Waals surface area contributed by atoms with E-state index in [2.05, 4.69) is 39.9 Å². The van der Waals surface area contributed by atoms with Gasteiger partial charge in [-0.1, -0.05) is 23.7 Å². The van der Waals surface area contributed by atoms with Crippen LogP contribution >= 0.6 is 0 Å². The van der Waals surface area contributed by atoms with E-state index >= 15 is 0 Å². The van der Waals surface area contributed by atoms with Gasteiger partial charge in [0.15, 0.2) is 118 Å². The van der Waals surface area contributed by atoms with Crippen molar-refractivity contribution in [3.63, 3.8) is 0 Å². The van der Waals surface area contributed by atoms with Gasteiger partial charge in [0.05, 0.1) is 43.5 Å². The number of alkyl halides is 4. The van der Waals surface area contributed by atoms with Crippen molar-refractivity contribution >= 4 is 55.8 Å². The molecule has 0 bridgehead atoms. The van der Waals surface area contributed by atoms with Gasteiger partial charge in [-0.2, -0.15) is 4.98 Å². The van der Waals surface area contributed by atoms with Crippen molar-refractivity contribution in [3.05, 3.63) is 97.7 Å². The Morgan fingerprint density at radius 2 is 0.867 bits per heavy atom. The van der Waals surface area contributed by atoms with Gasteiger partial charge in [-0.15, -0.1) is 25.7 Å². The third-order valence-corrected chi connectivity index (χ3v) is 15.1. The highest BCUT2D eigenvalue weighted by molar-refractivity contribution is 5.87. The molecule has 37 heteroatoms. The second kappa shape index (κ2) is 24.2. The van der Waals surface area contributed by atoms with Crippen LogP contribution in [0.15, 0.2) is 51.8 Å². The van der Waals surface area contributed by atoms with Crippen molar-refractivity contribution in [2.24, 2.45) is 0 Å². The smallest absolute Gasteiger partial charge is 0.348 e. The lowest BCUT2D eigenvalue weighted by molar-refractivity contribution is -0.0899. The molecule has 12 rings (SSSR count). The summed E-state index contributed by atoms with van der Waals surface area (Å²) in [6.45, 7) is -1.81. The van der Waals surface area contributed by atoms with Crippen molar-refractivity contribution in [1.29, 1.82) is 0 Å². The lowest BCUT2D eigenvalue weighted by Crippen LogP contribution is -2.44. The minimum absolute atomic E-state index is 0.00406. The van der Waals surface area contributed by atoms with Gasteiger partial charge in [0.2, 0.25) is 0 Å². The molecule has 29 nitrogen and oxygen atoms in total. The number of rotatable bonds is 8. The number of aliphatic hydroxyl groups excluding tert-OH is 8. The normalized spacial score (nSPS) is 31.1. The number of hydrogen-bond acceptors (Lipinski definition) is 22. The van der Waals surface area contributed by atoms with Crippen LogP contribution in [-0.4, -0.2) is 197 Å². The van der Waals surface area contributed by atoms with E-state index in [1.54, 1.807) is 0 Å². The van der Waals surface area contributed by atoms with E-state index in [1.165, 1.54) is 6.92 Å². The number of halogens is 8. The summed E-state index contributed by atoms with van der Waals surface area (Å²) in [6, 6.07) is 0. The first-order valence-corrected chi connectivity index (χ1v) is 25.8. The molecule has 16 atom stereocenters. The summed E-state index contributed by atoms with van der Waals surface area (Å²) in [5.41, 5.74) is 0.422. The van der Waals surface area contributed by atoms with Gasteiger partial charge in [-0.3, -0.25) is 32.8 Å². The number of anilines is 2. The van der Waals surface area contributed by atoms with E-state index < -0.39 is 163 Å². The van der Waals surface area contributed by atoms with Gasteiger partial charge in [0.1, 0.15) is 59.0 Å². The maximum absolute atomic E-state index is 14.4. The van der Waals surface area contributed by atoms with E-state index in [0.717, 1.165) is 55.7 Å². The summed E-state index contributed by atoms with van der Waals surface area (Å²) < 4.78 is 138. The molecule has 0 amide bonds.